The molecule has 0 spiro atoms. The Morgan fingerprint density at radius 3 is 3.07 bits per heavy atom. The molecule has 3 aliphatic rings. The van der Waals surface area contributed by atoms with E-state index in [-0.39, 0.29) is 6.61 Å². The summed E-state index contributed by atoms with van der Waals surface area (Å²) < 4.78 is 0. The SMILES string of the molecule is OCCN1CCC2=C1CCC1=C2C=CC1. The summed E-state index contributed by atoms with van der Waals surface area (Å²) in [6.07, 6.45) is 9.35. The fraction of sp³-hybridized carbons (Fsp3) is 0.538. The highest BCUT2D eigenvalue weighted by molar-refractivity contribution is 5.53. The van der Waals surface area contributed by atoms with Gasteiger partial charge in [0.1, 0.15) is 0 Å². The summed E-state index contributed by atoms with van der Waals surface area (Å²) in [5, 5.41) is 9.01. The lowest BCUT2D eigenvalue weighted by Crippen LogP contribution is -2.24. The molecule has 3 rings (SSSR count). The zero-order valence-electron chi connectivity index (χ0n) is 9.00. The smallest absolute Gasteiger partial charge is 0.0606 e. The van der Waals surface area contributed by atoms with Gasteiger partial charge in [0.05, 0.1) is 6.61 Å². The third-order valence-electron chi connectivity index (χ3n) is 3.75. The molecule has 2 nitrogen and oxygen atoms in total. The summed E-state index contributed by atoms with van der Waals surface area (Å²) in [5.41, 5.74) is 6.24. The molecule has 0 aromatic heterocycles. The Morgan fingerprint density at radius 1 is 1.27 bits per heavy atom. The predicted octanol–water partition coefficient (Wildman–Crippen LogP) is 1.99. The first kappa shape index (κ1) is 9.22. The first-order chi connectivity index (χ1) is 7.40. The molecule has 0 bridgehead atoms. The molecule has 0 saturated heterocycles. The minimum atomic E-state index is 0.276. The number of allylic oxidation sites excluding steroid dienone is 5. The van der Waals surface area contributed by atoms with Crippen LogP contribution in [0.25, 0.3) is 0 Å². The summed E-state index contributed by atoms with van der Waals surface area (Å²) >= 11 is 0. The van der Waals surface area contributed by atoms with Crippen LogP contribution in [0.4, 0.5) is 0 Å². The van der Waals surface area contributed by atoms with Crippen molar-refractivity contribution in [3.8, 4) is 0 Å². The molecule has 80 valence electrons. The van der Waals surface area contributed by atoms with Crippen LogP contribution < -0.4 is 0 Å². The zero-order chi connectivity index (χ0) is 10.3. The van der Waals surface area contributed by atoms with Crippen molar-refractivity contribution in [2.45, 2.75) is 25.7 Å². The van der Waals surface area contributed by atoms with Gasteiger partial charge in [-0.15, -0.1) is 0 Å². The average molecular weight is 203 g/mol. The molecule has 0 aromatic rings. The summed E-state index contributed by atoms with van der Waals surface area (Å²) in [7, 11) is 0. The van der Waals surface area contributed by atoms with Crippen LogP contribution in [0.15, 0.2) is 34.6 Å². The highest BCUT2D eigenvalue weighted by atomic mass is 16.3. The number of aliphatic hydroxyl groups excluding tert-OH is 1. The van der Waals surface area contributed by atoms with Gasteiger partial charge in [0.15, 0.2) is 0 Å². The lowest BCUT2D eigenvalue weighted by atomic mass is 9.90. The maximum atomic E-state index is 9.01. The van der Waals surface area contributed by atoms with Crippen LogP contribution in [0.5, 0.6) is 0 Å². The van der Waals surface area contributed by atoms with Crippen molar-refractivity contribution in [1.82, 2.24) is 4.90 Å². The molecule has 0 unspecified atom stereocenters. The van der Waals surface area contributed by atoms with E-state index >= 15 is 0 Å². The van der Waals surface area contributed by atoms with E-state index in [4.69, 9.17) is 5.11 Å². The number of hydrogen-bond donors (Lipinski definition) is 1. The second kappa shape index (κ2) is 3.53. The fourth-order valence-corrected chi connectivity index (χ4v) is 3.05. The second-order valence-corrected chi connectivity index (χ2v) is 4.51. The minimum Gasteiger partial charge on any atom is -0.395 e. The van der Waals surface area contributed by atoms with Gasteiger partial charge in [-0.05, 0) is 36.8 Å². The van der Waals surface area contributed by atoms with Crippen molar-refractivity contribution in [2.75, 3.05) is 19.7 Å². The van der Waals surface area contributed by atoms with Crippen molar-refractivity contribution >= 4 is 0 Å². The van der Waals surface area contributed by atoms with Gasteiger partial charge in [0.25, 0.3) is 0 Å². The van der Waals surface area contributed by atoms with Gasteiger partial charge in [0.2, 0.25) is 0 Å². The van der Waals surface area contributed by atoms with Crippen LogP contribution >= 0.6 is 0 Å². The molecular formula is C13H17NO. The van der Waals surface area contributed by atoms with Gasteiger partial charge >= 0.3 is 0 Å². The molecule has 0 atom stereocenters. The monoisotopic (exact) mass is 203 g/mol. The van der Waals surface area contributed by atoms with E-state index in [1.54, 1.807) is 11.1 Å². The number of rotatable bonds is 2. The van der Waals surface area contributed by atoms with Crippen LogP contribution in [0.1, 0.15) is 25.7 Å². The Hall–Kier alpha value is -1.02. The molecule has 0 fully saturated rings. The van der Waals surface area contributed by atoms with E-state index in [0.29, 0.717) is 0 Å². The highest BCUT2D eigenvalue weighted by Gasteiger charge is 2.29. The molecule has 0 radical (unpaired) electrons. The van der Waals surface area contributed by atoms with Gasteiger partial charge in [-0.25, -0.2) is 0 Å². The Bertz CT molecular complexity index is 376. The number of hydrogen-bond acceptors (Lipinski definition) is 2. The number of nitrogens with zero attached hydrogens (tertiary/aromatic N) is 1. The van der Waals surface area contributed by atoms with E-state index in [0.717, 1.165) is 13.1 Å². The van der Waals surface area contributed by atoms with E-state index < -0.39 is 0 Å². The third kappa shape index (κ3) is 1.36. The van der Waals surface area contributed by atoms with Crippen LogP contribution in [0, 0.1) is 0 Å². The molecule has 2 aliphatic carbocycles. The maximum Gasteiger partial charge on any atom is 0.0606 e. The van der Waals surface area contributed by atoms with E-state index in [9.17, 15) is 0 Å². The molecule has 0 amide bonds. The summed E-state index contributed by atoms with van der Waals surface area (Å²) in [6.45, 7) is 2.19. The van der Waals surface area contributed by atoms with Crippen LogP contribution in [0.2, 0.25) is 0 Å². The second-order valence-electron chi connectivity index (χ2n) is 4.51. The summed E-state index contributed by atoms with van der Waals surface area (Å²) in [5.74, 6) is 0. The van der Waals surface area contributed by atoms with Crippen molar-refractivity contribution in [1.29, 1.82) is 0 Å². The molecular weight excluding hydrogens is 186 g/mol. The molecule has 0 aromatic carbocycles. The molecule has 15 heavy (non-hydrogen) atoms. The molecule has 1 heterocycles. The molecule has 1 N–H and O–H groups in total. The minimum absolute atomic E-state index is 0.276. The highest BCUT2D eigenvalue weighted by Crippen LogP contribution is 2.42. The first-order valence-corrected chi connectivity index (χ1v) is 5.87. The number of aliphatic hydroxyl groups is 1. The first-order valence-electron chi connectivity index (χ1n) is 5.87. The molecule has 2 heteroatoms. The average Bonchev–Trinajstić information content (AvgIpc) is 2.83. The van der Waals surface area contributed by atoms with Gasteiger partial charge < -0.3 is 10.0 Å². The lowest BCUT2D eigenvalue weighted by molar-refractivity contribution is 0.232. The number of fused-ring (bicyclic) bond motifs is 1. The van der Waals surface area contributed by atoms with Crippen LogP contribution in [-0.4, -0.2) is 29.7 Å². The van der Waals surface area contributed by atoms with E-state index in [1.807, 2.05) is 0 Å². The predicted molar refractivity (Wildman–Crippen MR) is 60.3 cm³/mol. The number of β-amino-alcohol motifs (C(OH)–C–C–N with tert-alkyl or cyclic N) is 1. The van der Waals surface area contributed by atoms with Crippen molar-refractivity contribution in [3.05, 3.63) is 34.6 Å². The van der Waals surface area contributed by atoms with Crippen LogP contribution in [0.3, 0.4) is 0 Å². The van der Waals surface area contributed by atoms with Crippen molar-refractivity contribution < 1.29 is 5.11 Å². The summed E-state index contributed by atoms with van der Waals surface area (Å²) in [4.78, 5) is 2.37. The largest absolute Gasteiger partial charge is 0.395 e. The van der Waals surface area contributed by atoms with Crippen molar-refractivity contribution in [2.24, 2.45) is 0 Å². The Kier molecular flexibility index (Phi) is 2.17. The van der Waals surface area contributed by atoms with Gasteiger partial charge in [0, 0.05) is 18.8 Å². The zero-order valence-corrected chi connectivity index (χ0v) is 9.00. The Balaban J connectivity index is 1.93. The van der Waals surface area contributed by atoms with Gasteiger partial charge in [-0.3, -0.25) is 0 Å². The van der Waals surface area contributed by atoms with Crippen molar-refractivity contribution in [3.63, 3.8) is 0 Å². The molecule has 0 saturated carbocycles. The molecule has 1 aliphatic heterocycles. The van der Waals surface area contributed by atoms with Gasteiger partial charge in [-0.1, -0.05) is 17.7 Å². The Labute approximate surface area is 90.6 Å². The lowest BCUT2D eigenvalue weighted by Gasteiger charge is -2.24. The van der Waals surface area contributed by atoms with E-state index in [1.165, 1.54) is 37.0 Å². The van der Waals surface area contributed by atoms with Crippen LogP contribution in [-0.2, 0) is 0 Å². The fourth-order valence-electron chi connectivity index (χ4n) is 3.05. The Morgan fingerprint density at radius 2 is 2.20 bits per heavy atom. The van der Waals surface area contributed by atoms with E-state index in [2.05, 4.69) is 17.1 Å². The topological polar surface area (TPSA) is 23.5 Å². The standard InChI is InChI=1S/C13H17NO/c15-9-8-14-7-6-12-11-3-1-2-10(11)4-5-13(12)14/h1,3,15H,2,4-9H2. The quantitative estimate of drug-likeness (QED) is 0.742. The third-order valence-corrected chi connectivity index (χ3v) is 3.75. The van der Waals surface area contributed by atoms with Gasteiger partial charge in [-0.2, -0.15) is 0 Å². The maximum absolute atomic E-state index is 9.01. The normalized spacial score (nSPS) is 23.9. The summed E-state index contributed by atoms with van der Waals surface area (Å²) in [6, 6.07) is 0.